The summed E-state index contributed by atoms with van der Waals surface area (Å²) in [6, 6.07) is 28.1. The predicted molar refractivity (Wildman–Crippen MR) is 120 cm³/mol. The summed E-state index contributed by atoms with van der Waals surface area (Å²) >= 11 is 0. The van der Waals surface area contributed by atoms with E-state index in [1.807, 2.05) is 60.7 Å². The molecule has 3 aromatic carbocycles. The van der Waals surface area contributed by atoms with Crippen molar-refractivity contribution >= 4 is 9.84 Å². The van der Waals surface area contributed by atoms with Gasteiger partial charge >= 0.3 is 0 Å². The van der Waals surface area contributed by atoms with Crippen molar-refractivity contribution in [3.05, 3.63) is 113 Å². The Morgan fingerprint density at radius 2 is 1.19 bits per heavy atom. The van der Waals surface area contributed by atoms with Crippen LogP contribution in [0, 0.1) is 0 Å². The molecule has 164 valence electrons. The summed E-state index contributed by atoms with van der Waals surface area (Å²) in [4.78, 5) is 0.511. The molecule has 0 N–H and O–H groups in total. The Morgan fingerprint density at radius 1 is 0.688 bits per heavy atom. The molecule has 5 rings (SSSR count). The molecule has 0 radical (unpaired) electrons. The maximum atomic E-state index is 13.3. The zero-order valence-electron chi connectivity index (χ0n) is 17.4. The zero-order valence-corrected chi connectivity index (χ0v) is 18.2. The minimum atomic E-state index is -3.68. The van der Waals surface area contributed by atoms with E-state index in [4.69, 9.17) is 14.2 Å². The molecule has 0 amide bonds. The maximum absolute atomic E-state index is 13.3. The second kappa shape index (κ2) is 9.00. The number of rotatable bonds is 8. The highest BCUT2D eigenvalue weighted by Crippen LogP contribution is 2.42. The van der Waals surface area contributed by atoms with Crippen molar-refractivity contribution in [2.75, 3.05) is 0 Å². The minimum Gasteiger partial charge on any atom is -0.368 e. The van der Waals surface area contributed by atoms with Gasteiger partial charge in [0.1, 0.15) is 24.4 Å². The van der Waals surface area contributed by atoms with Gasteiger partial charge in [0.15, 0.2) is 0 Å². The van der Waals surface area contributed by atoms with Gasteiger partial charge in [-0.15, -0.1) is 0 Å². The van der Waals surface area contributed by atoms with Crippen molar-refractivity contribution in [2.45, 2.75) is 42.5 Å². The van der Waals surface area contributed by atoms with Gasteiger partial charge in [-0.1, -0.05) is 78.9 Å². The molecule has 2 aliphatic rings. The number of hydrogen-bond acceptors (Lipinski definition) is 5. The molecule has 5 nitrogen and oxygen atoms in total. The van der Waals surface area contributed by atoms with E-state index in [1.54, 1.807) is 36.4 Å². The third kappa shape index (κ3) is 4.14. The first-order chi connectivity index (χ1) is 15.6. The lowest BCUT2D eigenvalue weighted by atomic mass is 10.0. The highest BCUT2D eigenvalue weighted by Gasteiger charge is 2.54. The summed E-state index contributed by atoms with van der Waals surface area (Å²) < 4.78 is 45.1. The molecule has 4 atom stereocenters. The summed E-state index contributed by atoms with van der Waals surface area (Å²) in [5.74, 6) is 0. The predicted octanol–water partition coefficient (Wildman–Crippen LogP) is 4.30. The van der Waals surface area contributed by atoms with Gasteiger partial charge in [-0.25, -0.2) is 8.42 Å². The zero-order chi connectivity index (χ0) is 22.0. The normalized spacial score (nSPS) is 24.4. The molecule has 2 heterocycles. The van der Waals surface area contributed by atoms with Crippen LogP contribution in [0.25, 0.3) is 0 Å². The minimum absolute atomic E-state index is 0.256. The van der Waals surface area contributed by atoms with Gasteiger partial charge in [-0.3, -0.25) is 0 Å². The van der Waals surface area contributed by atoms with Crippen LogP contribution in [-0.2, 0) is 37.3 Å². The van der Waals surface area contributed by atoms with Crippen LogP contribution in [0.4, 0.5) is 0 Å². The van der Waals surface area contributed by atoms with E-state index in [0.29, 0.717) is 13.2 Å². The SMILES string of the molecule is O=S(=O)(C1=C[C@@H]2O[C@H]1[C@@H](OCc1ccccc1)[C@H]2OCc1ccccc1)c1ccccc1. The van der Waals surface area contributed by atoms with E-state index in [-0.39, 0.29) is 9.80 Å². The lowest BCUT2D eigenvalue weighted by Crippen LogP contribution is -2.41. The summed E-state index contributed by atoms with van der Waals surface area (Å²) in [5, 5.41) is 0. The summed E-state index contributed by atoms with van der Waals surface area (Å²) in [5.41, 5.74) is 2.05. The smallest absolute Gasteiger partial charge is 0.205 e. The van der Waals surface area contributed by atoms with E-state index < -0.39 is 34.3 Å². The summed E-state index contributed by atoms with van der Waals surface area (Å²) in [6.07, 6.45) is -0.404. The molecule has 0 spiro atoms. The average molecular weight is 449 g/mol. The van der Waals surface area contributed by atoms with Crippen LogP contribution in [0.3, 0.4) is 0 Å². The number of sulfone groups is 1. The molecule has 6 heteroatoms. The van der Waals surface area contributed by atoms with E-state index in [1.165, 1.54) is 0 Å². The van der Waals surface area contributed by atoms with E-state index in [2.05, 4.69) is 0 Å². The topological polar surface area (TPSA) is 61.8 Å². The first-order valence-electron chi connectivity index (χ1n) is 10.6. The summed E-state index contributed by atoms with van der Waals surface area (Å²) in [6.45, 7) is 0.750. The highest BCUT2D eigenvalue weighted by molar-refractivity contribution is 7.95. The molecule has 1 fully saturated rings. The van der Waals surface area contributed by atoms with Crippen LogP contribution < -0.4 is 0 Å². The maximum Gasteiger partial charge on any atom is 0.205 e. The van der Waals surface area contributed by atoms with Crippen LogP contribution in [0.2, 0.25) is 0 Å². The van der Waals surface area contributed by atoms with Crippen molar-refractivity contribution in [3.63, 3.8) is 0 Å². The average Bonchev–Trinajstić information content (AvgIpc) is 3.43. The molecule has 2 bridgehead atoms. The third-order valence-electron chi connectivity index (χ3n) is 5.79. The molecule has 0 aromatic heterocycles. The van der Waals surface area contributed by atoms with Gasteiger partial charge in [0.2, 0.25) is 9.84 Å². The fourth-order valence-electron chi connectivity index (χ4n) is 4.19. The molecular formula is C26H24O5S. The first kappa shape index (κ1) is 21.1. The molecule has 32 heavy (non-hydrogen) atoms. The van der Waals surface area contributed by atoms with Crippen molar-refractivity contribution < 1.29 is 22.6 Å². The van der Waals surface area contributed by atoms with Crippen molar-refractivity contribution in [1.82, 2.24) is 0 Å². The second-order valence-electron chi connectivity index (χ2n) is 7.93. The van der Waals surface area contributed by atoms with Crippen molar-refractivity contribution in [2.24, 2.45) is 0 Å². The Labute approximate surface area is 188 Å². The van der Waals surface area contributed by atoms with E-state index in [9.17, 15) is 8.42 Å². The van der Waals surface area contributed by atoms with Gasteiger partial charge in [-0.05, 0) is 29.3 Å². The Hall–Kier alpha value is -2.77. The number of benzene rings is 3. The first-order valence-corrected chi connectivity index (χ1v) is 12.1. The Bertz CT molecular complexity index is 1180. The van der Waals surface area contributed by atoms with Gasteiger partial charge in [0.25, 0.3) is 0 Å². The van der Waals surface area contributed by atoms with Crippen molar-refractivity contribution in [3.8, 4) is 0 Å². The van der Waals surface area contributed by atoms with Crippen LogP contribution in [0.5, 0.6) is 0 Å². The lowest BCUT2D eigenvalue weighted by Gasteiger charge is -2.28. The number of hydrogen-bond donors (Lipinski definition) is 0. The highest BCUT2D eigenvalue weighted by atomic mass is 32.2. The fraction of sp³-hybridized carbons (Fsp3) is 0.231. The second-order valence-corrected chi connectivity index (χ2v) is 9.88. The van der Waals surface area contributed by atoms with Crippen LogP contribution in [0.15, 0.2) is 107 Å². The van der Waals surface area contributed by atoms with Crippen LogP contribution >= 0.6 is 0 Å². The van der Waals surface area contributed by atoms with E-state index >= 15 is 0 Å². The molecule has 0 aliphatic carbocycles. The summed E-state index contributed by atoms with van der Waals surface area (Å²) in [7, 11) is -3.68. The third-order valence-corrected chi connectivity index (χ3v) is 7.67. The number of fused-ring (bicyclic) bond motifs is 2. The lowest BCUT2D eigenvalue weighted by molar-refractivity contribution is -0.0744. The van der Waals surface area contributed by atoms with Crippen LogP contribution in [-0.4, -0.2) is 32.8 Å². The van der Waals surface area contributed by atoms with Gasteiger partial charge in [-0.2, -0.15) is 0 Å². The standard InChI is InChI=1S/C26H24O5S/c27-32(28,21-14-8-3-9-15-21)23-16-22-24(29-17-19-10-4-1-5-11-19)26(25(23)31-22)30-18-20-12-6-2-7-13-20/h1-16,22,24-26H,17-18H2/t22-,24-,25+,26-/m0/s1. The van der Waals surface area contributed by atoms with Gasteiger partial charge in [0, 0.05) is 0 Å². The number of ether oxygens (including phenoxy) is 3. The Morgan fingerprint density at radius 3 is 1.75 bits per heavy atom. The molecule has 0 unspecified atom stereocenters. The van der Waals surface area contributed by atoms with Gasteiger partial charge in [0.05, 0.1) is 23.0 Å². The Kier molecular flexibility index (Phi) is 5.93. The largest absolute Gasteiger partial charge is 0.368 e. The molecular weight excluding hydrogens is 424 g/mol. The van der Waals surface area contributed by atoms with Gasteiger partial charge < -0.3 is 14.2 Å². The fourth-order valence-corrected chi connectivity index (χ4v) is 5.78. The van der Waals surface area contributed by atoms with Crippen molar-refractivity contribution in [1.29, 1.82) is 0 Å². The Balaban J connectivity index is 1.40. The molecule has 1 saturated heterocycles. The monoisotopic (exact) mass is 448 g/mol. The molecule has 2 aliphatic heterocycles. The molecule has 0 saturated carbocycles. The van der Waals surface area contributed by atoms with E-state index in [0.717, 1.165) is 11.1 Å². The molecule has 3 aromatic rings. The van der Waals surface area contributed by atoms with Crippen LogP contribution in [0.1, 0.15) is 11.1 Å². The quantitative estimate of drug-likeness (QED) is 0.514.